The van der Waals surface area contributed by atoms with E-state index in [1.807, 2.05) is 0 Å². The van der Waals surface area contributed by atoms with Crippen molar-refractivity contribution in [1.82, 2.24) is 41.7 Å². The molecule has 15 N–H and O–H groups in total. The number of hydrogen-bond acceptors (Lipinski definition) is 14. The lowest BCUT2D eigenvalue weighted by Crippen LogP contribution is -2.60. The van der Waals surface area contributed by atoms with Crippen molar-refractivity contribution in [2.75, 3.05) is 19.6 Å². The summed E-state index contributed by atoms with van der Waals surface area (Å²) in [5.74, 6) is -9.83. The molecular weight excluding hydrogens is 931 g/mol. The van der Waals surface area contributed by atoms with Gasteiger partial charge >= 0.3 is 11.9 Å². The lowest BCUT2D eigenvalue weighted by molar-refractivity contribution is -0.148. The van der Waals surface area contributed by atoms with Crippen LogP contribution < -0.4 is 49.1 Å². The number of nitrogens with two attached hydrogens (primary N) is 3. The smallest absolute Gasteiger partial charge is 0.326 e. The van der Waals surface area contributed by atoms with Gasteiger partial charge in [-0.05, 0) is 102 Å². The predicted octanol–water partition coefficient (Wildman–Crippen LogP) is -2.81. The fourth-order valence-corrected chi connectivity index (χ4v) is 8.28. The van der Waals surface area contributed by atoms with Gasteiger partial charge < -0.3 is 74.2 Å². The van der Waals surface area contributed by atoms with Crippen molar-refractivity contribution in [2.45, 2.75) is 159 Å². The van der Waals surface area contributed by atoms with E-state index >= 15 is 0 Å². The predicted molar refractivity (Wildman–Crippen MR) is 253 cm³/mol. The molecule has 1 aromatic carbocycles. The minimum atomic E-state index is -1.59. The minimum absolute atomic E-state index is 0.0227. The maximum atomic E-state index is 14.1. The number of carbonyl (C=O) groups excluding carboxylic acids is 9. The van der Waals surface area contributed by atoms with Crippen LogP contribution in [0.2, 0.25) is 0 Å². The molecule has 0 spiro atoms. The molecule has 71 heavy (non-hydrogen) atoms. The largest absolute Gasteiger partial charge is 0.508 e. The number of aliphatic carboxylic acids is 2. The normalized spacial score (nSPS) is 18.4. The standard InChI is InChI=1S/C46H71N11O14/c1-24(2)21-33(46(70)71)55-40(64)30(9-5-6-18-47)52-41(65)31(16-17-37(60)61)53-42(66)32(22-27-12-14-28(58)15-13-27)54-38(62)25(3)50-43(67)34-10-7-19-56(34)45(69)35-11-8-20-57(35)44(68)26(4)51-39(63)29(48)23-36(49)59/h12-15,24-26,29-35,58H,5-11,16-23,47-48H2,1-4H3,(H2,49,59)(H,50,67)(H,51,63)(H,52,65)(H,53,66)(H,54,62)(H,55,64)(H,60,61)(H,70,71)/t25-,26-,29-,30-,31-,32-,33-,34-,35-/m0/s1. The molecule has 9 amide bonds. The molecule has 9 atom stereocenters. The molecule has 25 nitrogen and oxygen atoms in total. The zero-order chi connectivity index (χ0) is 53.1. The third kappa shape index (κ3) is 18.4. The number of unbranched alkanes of at least 4 members (excludes halogenated alkanes) is 1. The number of nitrogens with one attached hydrogen (secondary N) is 6. The number of hydrogen-bond donors (Lipinski definition) is 12. The van der Waals surface area contributed by atoms with Crippen LogP contribution in [-0.4, -0.2) is 164 Å². The second kappa shape index (κ2) is 28.1. The number of primary amides is 1. The van der Waals surface area contributed by atoms with Crippen LogP contribution in [0, 0.1) is 5.92 Å². The number of carbonyl (C=O) groups is 11. The number of carboxylic acid groups (broad SMARTS) is 2. The highest BCUT2D eigenvalue weighted by Gasteiger charge is 2.44. The van der Waals surface area contributed by atoms with E-state index in [1.54, 1.807) is 13.8 Å². The first-order valence-corrected chi connectivity index (χ1v) is 23.8. The molecule has 2 fully saturated rings. The number of amides is 9. The number of rotatable bonds is 28. The van der Waals surface area contributed by atoms with Gasteiger partial charge in [0.2, 0.25) is 53.2 Å². The van der Waals surface area contributed by atoms with Gasteiger partial charge in [-0.15, -0.1) is 0 Å². The first-order valence-electron chi connectivity index (χ1n) is 23.8. The summed E-state index contributed by atoms with van der Waals surface area (Å²) in [5, 5.41) is 44.2. The molecule has 1 aromatic rings. The van der Waals surface area contributed by atoms with Crippen molar-refractivity contribution >= 4 is 65.1 Å². The molecule has 2 aliphatic rings. The Morgan fingerprint density at radius 3 is 1.77 bits per heavy atom. The van der Waals surface area contributed by atoms with Crippen LogP contribution in [0.3, 0.4) is 0 Å². The number of phenolic OH excluding ortho intramolecular Hbond substituents is 1. The zero-order valence-corrected chi connectivity index (χ0v) is 40.6. The van der Waals surface area contributed by atoms with E-state index in [-0.39, 0.29) is 63.4 Å². The second-order valence-corrected chi connectivity index (χ2v) is 18.4. The average molecular weight is 1000 g/mol. The van der Waals surface area contributed by atoms with Gasteiger partial charge in [-0.25, -0.2) is 4.79 Å². The van der Waals surface area contributed by atoms with Gasteiger partial charge in [-0.1, -0.05) is 26.0 Å². The molecule has 2 aliphatic heterocycles. The van der Waals surface area contributed by atoms with Crippen LogP contribution in [0.5, 0.6) is 5.75 Å². The molecule has 0 saturated carbocycles. The lowest BCUT2D eigenvalue weighted by Gasteiger charge is -2.32. The summed E-state index contributed by atoms with van der Waals surface area (Å²) in [6, 6.07) is -5.78. The van der Waals surface area contributed by atoms with Crippen LogP contribution in [-0.2, 0) is 59.2 Å². The Bertz CT molecular complexity index is 2090. The van der Waals surface area contributed by atoms with Crippen LogP contribution in [0.25, 0.3) is 0 Å². The monoisotopic (exact) mass is 1000 g/mol. The van der Waals surface area contributed by atoms with E-state index < -0.39 is 139 Å². The molecular formula is C46H71N11O14. The zero-order valence-electron chi connectivity index (χ0n) is 40.6. The Morgan fingerprint density at radius 1 is 0.662 bits per heavy atom. The first-order chi connectivity index (χ1) is 33.4. The third-order valence-electron chi connectivity index (χ3n) is 12.1. The van der Waals surface area contributed by atoms with Crippen molar-refractivity contribution < 1.29 is 68.1 Å². The maximum absolute atomic E-state index is 14.1. The number of carboxylic acids is 2. The van der Waals surface area contributed by atoms with E-state index in [0.29, 0.717) is 31.2 Å². The van der Waals surface area contributed by atoms with Gasteiger partial charge in [0.15, 0.2) is 0 Å². The van der Waals surface area contributed by atoms with E-state index in [0.717, 1.165) is 0 Å². The fraction of sp³-hybridized carbons (Fsp3) is 0.630. The van der Waals surface area contributed by atoms with Gasteiger partial charge in [0.1, 0.15) is 54.1 Å². The maximum Gasteiger partial charge on any atom is 0.326 e. The molecule has 0 bridgehead atoms. The summed E-state index contributed by atoms with van der Waals surface area (Å²) in [5.41, 5.74) is 16.9. The number of nitrogens with zero attached hydrogens (tertiary/aromatic N) is 2. The molecule has 0 aliphatic carbocycles. The van der Waals surface area contributed by atoms with Crippen molar-refractivity contribution in [3.63, 3.8) is 0 Å². The summed E-state index contributed by atoms with van der Waals surface area (Å²) in [4.78, 5) is 147. The van der Waals surface area contributed by atoms with Crippen LogP contribution in [0.15, 0.2) is 24.3 Å². The third-order valence-corrected chi connectivity index (χ3v) is 12.1. The molecule has 2 heterocycles. The second-order valence-electron chi connectivity index (χ2n) is 18.4. The molecule has 25 heteroatoms. The van der Waals surface area contributed by atoms with E-state index in [2.05, 4.69) is 31.9 Å². The minimum Gasteiger partial charge on any atom is -0.508 e. The van der Waals surface area contributed by atoms with Gasteiger partial charge in [0, 0.05) is 25.9 Å². The van der Waals surface area contributed by atoms with E-state index in [9.17, 15) is 68.1 Å². The van der Waals surface area contributed by atoms with Gasteiger partial charge in [-0.3, -0.25) is 47.9 Å². The Morgan fingerprint density at radius 2 is 1.21 bits per heavy atom. The highest BCUT2D eigenvalue weighted by atomic mass is 16.4. The van der Waals surface area contributed by atoms with Crippen molar-refractivity contribution in [1.29, 1.82) is 0 Å². The van der Waals surface area contributed by atoms with Gasteiger partial charge in [0.25, 0.3) is 0 Å². The highest BCUT2D eigenvalue weighted by Crippen LogP contribution is 2.26. The van der Waals surface area contributed by atoms with Crippen LogP contribution in [0.4, 0.5) is 0 Å². The number of likely N-dealkylation sites (tertiary alicyclic amines) is 2. The molecule has 0 unspecified atom stereocenters. The average Bonchev–Trinajstić information content (AvgIpc) is 4.00. The Labute approximate surface area is 411 Å². The quantitative estimate of drug-likeness (QED) is 0.0377. The lowest BCUT2D eigenvalue weighted by atomic mass is 10.0. The molecule has 2 saturated heterocycles. The molecule has 394 valence electrons. The fourth-order valence-electron chi connectivity index (χ4n) is 8.28. The Kier molecular flexibility index (Phi) is 23.1. The Balaban J connectivity index is 1.79. The summed E-state index contributed by atoms with van der Waals surface area (Å²) >= 11 is 0. The topological polar surface area (TPSA) is 405 Å². The molecule has 0 radical (unpaired) electrons. The number of benzene rings is 1. The van der Waals surface area contributed by atoms with E-state index in [4.69, 9.17) is 17.2 Å². The van der Waals surface area contributed by atoms with Crippen LogP contribution in [0.1, 0.15) is 104 Å². The van der Waals surface area contributed by atoms with Crippen molar-refractivity contribution in [3.8, 4) is 5.75 Å². The van der Waals surface area contributed by atoms with Gasteiger partial charge in [-0.2, -0.15) is 0 Å². The molecule has 0 aromatic heterocycles. The van der Waals surface area contributed by atoms with Gasteiger partial charge in [0.05, 0.1) is 12.5 Å². The van der Waals surface area contributed by atoms with Crippen LogP contribution >= 0.6 is 0 Å². The SMILES string of the molecule is CC(C)C[C@H](NC(=O)[C@H](CCCCN)NC(=O)[C@H](CCC(=O)O)NC(=O)[C@H](Cc1ccc(O)cc1)NC(=O)[C@H](C)NC(=O)[C@@H]1CCCN1C(=O)[C@@H]1CCCN1C(=O)[C@H](C)NC(=O)[C@@H](N)CC(N)=O)C(=O)O. The first kappa shape index (κ1) is 58.4. The van der Waals surface area contributed by atoms with Crippen molar-refractivity contribution in [3.05, 3.63) is 29.8 Å². The summed E-state index contributed by atoms with van der Waals surface area (Å²) in [7, 11) is 0. The van der Waals surface area contributed by atoms with Crippen molar-refractivity contribution in [2.24, 2.45) is 23.1 Å². The number of phenols is 1. The summed E-state index contributed by atoms with van der Waals surface area (Å²) in [6.45, 7) is 6.88. The summed E-state index contributed by atoms with van der Waals surface area (Å²) in [6.07, 6.45) is 0.516. The summed E-state index contributed by atoms with van der Waals surface area (Å²) < 4.78 is 0. The highest BCUT2D eigenvalue weighted by molar-refractivity contribution is 5.98. The molecule has 3 rings (SSSR count). The number of aromatic hydroxyl groups is 1. The van der Waals surface area contributed by atoms with E-state index in [1.165, 1.54) is 47.9 Å². The Hall–Kier alpha value is -6.89.